The average molecular weight is 330 g/mol. The summed E-state index contributed by atoms with van der Waals surface area (Å²) in [7, 11) is 0. The molecular formula is C17H16ClN3O2. The van der Waals surface area contributed by atoms with Gasteiger partial charge in [-0.25, -0.2) is 0 Å². The van der Waals surface area contributed by atoms with Gasteiger partial charge in [0.05, 0.1) is 11.2 Å². The topological polar surface area (TPSA) is 67.2 Å². The van der Waals surface area contributed by atoms with Gasteiger partial charge in [0.25, 0.3) is 0 Å². The highest BCUT2D eigenvalue weighted by Gasteiger charge is 2.06. The van der Waals surface area contributed by atoms with Gasteiger partial charge in [-0.05, 0) is 31.2 Å². The zero-order valence-corrected chi connectivity index (χ0v) is 13.3. The van der Waals surface area contributed by atoms with E-state index in [4.69, 9.17) is 11.6 Å². The number of nitrogens with one attached hydrogen (secondary N) is 1. The number of fused-ring (bicyclic) bond motifs is 1. The molecule has 0 radical (unpaired) electrons. The Morgan fingerprint density at radius 2 is 2.13 bits per heavy atom. The van der Waals surface area contributed by atoms with Crippen LogP contribution < -0.4 is 10.7 Å². The van der Waals surface area contributed by atoms with Crippen molar-refractivity contribution >= 4 is 28.2 Å². The molecule has 1 aromatic carbocycles. The van der Waals surface area contributed by atoms with E-state index in [9.17, 15) is 9.90 Å². The van der Waals surface area contributed by atoms with Crippen molar-refractivity contribution in [1.29, 1.82) is 0 Å². The lowest BCUT2D eigenvalue weighted by molar-refractivity contribution is 0.454. The number of rotatable bonds is 4. The highest BCUT2D eigenvalue weighted by Crippen LogP contribution is 2.24. The lowest BCUT2D eigenvalue weighted by Crippen LogP contribution is -2.15. The van der Waals surface area contributed by atoms with E-state index >= 15 is 0 Å². The third kappa shape index (κ3) is 3.14. The zero-order valence-electron chi connectivity index (χ0n) is 12.6. The van der Waals surface area contributed by atoms with Crippen LogP contribution in [0.5, 0.6) is 5.75 Å². The lowest BCUT2D eigenvalue weighted by atomic mass is 10.2. The van der Waals surface area contributed by atoms with E-state index in [1.807, 2.05) is 28.8 Å². The quantitative estimate of drug-likeness (QED) is 0.771. The van der Waals surface area contributed by atoms with E-state index in [1.54, 1.807) is 19.3 Å². The van der Waals surface area contributed by atoms with E-state index in [0.717, 1.165) is 16.6 Å². The fraction of sp³-hybridized carbons (Fsp3) is 0.176. The molecule has 0 saturated heterocycles. The molecule has 118 valence electrons. The van der Waals surface area contributed by atoms with Crippen LogP contribution in [-0.2, 0) is 6.54 Å². The summed E-state index contributed by atoms with van der Waals surface area (Å²) in [6, 6.07) is 8.87. The average Bonchev–Trinajstić information content (AvgIpc) is 2.54. The summed E-state index contributed by atoms with van der Waals surface area (Å²) >= 11 is 5.99. The van der Waals surface area contributed by atoms with Crippen molar-refractivity contribution in [2.24, 2.45) is 0 Å². The molecule has 2 heterocycles. The normalized spacial score (nSPS) is 10.9. The summed E-state index contributed by atoms with van der Waals surface area (Å²) in [5.74, 6) is -0.198. The maximum atomic E-state index is 11.4. The molecule has 0 atom stereocenters. The lowest BCUT2D eigenvalue weighted by Gasteiger charge is -2.13. The van der Waals surface area contributed by atoms with Gasteiger partial charge in [-0.1, -0.05) is 11.6 Å². The number of hydrogen-bond donors (Lipinski definition) is 2. The highest BCUT2D eigenvalue weighted by molar-refractivity contribution is 6.31. The van der Waals surface area contributed by atoms with E-state index in [-0.39, 0.29) is 11.2 Å². The van der Waals surface area contributed by atoms with Crippen LogP contribution in [0, 0.1) is 6.92 Å². The number of halogens is 1. The molecule has 0 amide bonds. The molecule has 0 aliphatic rings. The van der Waals surface area contributed by atoms with Crippen molar-refractivity contribution in [3.05, 3.63) is 63.7 Å². The van der Waals surface area contributed by atoms with Crippen LogP contribution in [0.25, 0.3) is 10.9 Å². The van der Waals surface area contributed by atoms with Gasteiger partial charge in [0.2, 0.25) is 5.43 Å². The Morgan fingerprint density at radius 1 is 1.30 bits per heavy atom. The van der Waals surface area contributed by atoms with Crippen LogP contribution in [0.3, 0.4) is 0 Å². The zero-order chi connectivity index (χ0) is 16.4. The molecule has 2 aromatic heterocycles. The molecular weight excluding hydrogens is 314 g/mol. The Labute approximate surface area is 138 Å². The first-order valence-corrected chi connectivity index (χ1v) is 7.61. The summed E-state index contributed by atoms with van der Waals surface area (Å²) in [4.78, 5) is 15.7. The van der Waals surface area contributed by atoms with Gasteiger partial charge in [0.1, 0.15) is 0 Å². The minimum atomic E-state index is -0.358. The first-order valence-electron chi connectivity index (χ1n) is 7.23. The summed E-state index contributed by atoms with van der Waals surface area (Å²) < 4.78 is 1.84. The van der Waals surface area contributed by atoms with Crippen molar-refractivity contribution in [2.75, 3.05) is 11.9 Å². The summed E-state index contributed by atoms with van der Waals surface area (Å²) in [6.07, 6.45) is 3.42. The predicted octanol–water partition coefficient (Wildman–Crippen LogP) is 3.18. The van der Waals surface area contributed by atoms with E-state index in [1.165, 1.54) is 6.07 Å². The van der Waals surface area contributed by atoms with Crippen LogP contribution in [0.1, 0.15) is 5.69 Å². The Balaban J connectivity index is 1.77. The molecule has 23 heavy (non-hydrogen) atoms. The second-order valence-corrected chi connectivity index (χ2v) is 5.69. The fourth-order valence-corrected chi connectivity index (χ4v) is 2.66. The first kappa shape index (κ1) is 15.4. The fourth-order valence-electron chi connectivity index (χ4n) is 2.49. The second-order valence-electron chi connectivity index (χ2n) is 5.25. The van der Waals surface area contributed by atoms with Crippen molar-refractivity contribution < 1.29 is 5.11 Å². The van der Waals surface area contributed by atoms with Gasteiger partial charge >= 0.3 is 0 Å². The van der Waals surface area contributed by atoms with E-state index in [2.05, 4.69) is 10.3 Å². The number of anilines is 1. The Hall–Kier alpha value is -2.53. The maximum absolute atomic E-state index is 11.4. The van der Waals surface area contributed by atoms with Crippen molar-refractivity contribution in [1.82, 2.24) is 9.55 Å². The monoisotopic (exact) mass is 329 g/mol. The van der Waals surface area contributed by atoms with Gasteiger partial charge in [-0.2, -0.15) is 0 Å². The highest BCUT2D eigenvalue weighted by atomic mass is 35.5. The molecule has 0 unspecified atom stereocenters. The molecule has 0 fully saturated rings. The Kier molecular flexibility index (Phi) is 4.21. The standard InChI is InChI=1S/C17H16ClN3O2/c1-11-17(23)16(22)5-8-21(11)9-7-20-14-4-6-19-15-10-12(18)2-3-13(14)15/h2-6,8,10,23H,7,9H2,1H3,(H,19,20). The number of hydrogen-bond acceptors (Lipinski definition) is 4. The second kappa shape index (κ2) is 6.30. The number of pyridine rings is 2. The van der Waals surface area contributed by atoms with Crippen molar-refractivity contribution in [3.63, 3.8) is 0 Å². The minimum absolute atomic E-state index is 0.198. The van der Waals surface area contributed by atoms with E-state index in [0.29, 0.717) is 23.8 Å². The number of nitrogens with zero attached hydrogens (tertiary/aromatic N) is 2. The smallest absolute Gasteiger partial charge is 0.223 e. The number of aromatic nitrogens is 2. The van der Waals surface area contributed by atoms with Crippen molar-refractivity contribution in [2.45, 2.75) is 13.5 Å². The Morgan fingerprint density at radius 3 is 2.96 bits per heavy atom. The summed E-state index contributed by atoms with van der Waals surface area (Å²) in [5.41, 5.74) is 2.00. The maximum Gasteiger partial charge on any atom is 0.223 e. The third-order valence-corrected chi connectivity index (χ3v) is 4.02. The van der Waals surface area contributed by atoms with Crippen LogP contribution in [0.4, 0.5) is 5.69 Å². The molecule has 0 spiro atoms. The minimum Gasteiger partial charge on any atom is -0.503 e. The van der Waals surface area contributed by atoms with Gasteiger partial charge in [-0.15, -0.1) is 0 Å². The van der Waals surface area contributed by atoms with E-state index < -0.39 is 0 Å². The summed E-state index contributed by atoms with van der Waals surface area (Å²) in [6.45, 7) is 2.99. The van der Waals surface area contributed by atoms with Gasteiger partial charge in [0, 0.05) is 47.6 Å². The van der Waals surface area contributed by atoms with Crippen LogP contribution in [0.2, 0.25) is 5.02 Å². The molecule has 6 heteroatoms. The van der Waals surface area contributed by atoms with Gasteiger partial charge in [0.15, 0.2) is 5.75 Å². The largest absolute Gasteiger partial charge is 0.503 e. The number of benzene rings is 1. The Bertz CT molecular complexity index is 921. The van der Waals surface area contributed by atoms with Crippen LogP contribution in [0.15, 0.2) is 47.5 Å². The summed E-state index contributed by atoms with van der Waals surface area (Å²) in [5, 5.41) is 14.7. The first-order chi connectivity index (χ1) is 11.1. The molecule has 3 aromatic rings. The molecule has 0 saturated carbocycles. The van der Waals surface area contributed by atoms with Crippen molar-refractivity contribution in [3.8, 4) is 5.75 Å². The third-order valence-electron chi connectivity index (χ3n) is 3.79. The molecule has 0 bridgehead atoms. The van der Waals surface area contributed by atoms with Crippen LogP contribution >= 0.6 is 11.6 Å². The molecule has 2 N–H and O–H groups in total. The number of aromatic hydroxyl groups is 1. The van der Waals surface area contributed by atoms with Gasteiger partial charge < -0.3 is 15.0 Å². The predicted molar refractivity (Wildman–Crippen MR) is 92.3 cm³/mol. The molecule has 3 rings (SSSR count). The molecule has 0 aliphatic heterocycles. The van der Waals surface area contributed by atoms with Gasteiger partial charge in [-0.3, -0.25) is 9.78 Å². The molecule has 5 nitrogen and oxygen atoms in total. The molecule has 0 aliphatic carbocycles. The SMILES string of the molecule is Cc1c(O)c(=O)ccn1CCNc1ccnc2cc(Cl)ccc12. The van der Waals surface area contributed by atoms with Crippen LogP contribution in [-0.4, -0.2) is 21.2 Å².